The fourth-order valence-corrected chi connectivity index (χ4v) is 5.08. The first kappa shape index (κ1) is 18.5. The van der Waals surface area contributed by atoms with E-state index < -0.39 is 5.97 Å². The van der Waals surface area contributed by atoms with Gasteiger partial charge in [0.15, 0.2) is 5.96 Å². The fraction of sp³-hybridized carbons (Fsp3) is 0.900. The third-order valence-electron chi connectivity index (χ3n) is 6.38. The van der Waals surface area contributed by atoms with Crippen LogP contribution in [-0.2, 0) is 4.79 Å². The standard InChI is InChI=1S/C20H35N3O2/c1-3-4-5-6-7-8-9-10-15-13-16-11-12-17-18(19(24)25)14(2)21-20(22-15)23(16)17/h14-18H,3-13H2,1-2H3,(H,21,22)(H,24,25)/t14-,15-,16+,17+,18-/m1/s1. The van der Waals surface area contributed by atoms with Crippen molar-refractivity contribution in [2.75, 3.05) is 0 Å². The van der Waals surface area contributed by atoms with Gasteiger partial charge in [-0.15, -0.1) is 0 Å². The summed E-state index contributed by atoms with van der Waals surface area (Å²) in [6, 6.07) is 1.02. The van der Waals surface area contributed by atoms with Crippen LogP contribution in [0.3, 0.4) is 0 Å². The molecule has 0 spiro atoms. The molecule has 5 atom stereocenters. The van der Waals surface area contributed by atoms with E-state index in [0.29, 0.717) is 12.1 Å². The molecule has 0 unspecified atom stereocenters. The van der Waals surface area contributed by atoms with E-state index in [1.54, 1.807) is 0 Å². The topological polar surface area (TPSA) is 64.9 Å². The van der Waals surface area contributed by atoms with Crippen molar-refractivity contribution in [1.82, 2.24) is 10.2 Å². The van der Waals surface area contributed by atoms with E-state index in [1.165, 1.54) is 51.4 Å². The molecule has 0 saturated carbocycles. The lowest BCUT2D eigenvalue weighted by atomic mass is 9.89. The number of nitrogens with one attached hydrogen (secondary N) is 1. The Morgan fingerprint density at radius 3 is 2.64 bits per heavy atom. The van der Waals surface area contributed by atoms with Crippen molar-refractivity contribution in [3.63, 3.8) is 0 Å². The molecule has 2 fully saturated rings. The molecule has 0 aliphatic carbocycles. The Morgan fingerprint density at radius 1 is 1.20 bits per heavy atom. The minimum absolute atomic E-state index is 0.127. The minimum atomic E-state index is -0.689. The molecule has 0 bridgehead atoms. The van der Waals surface area contributed by atoms with E-state index in [4.69, 9.17) is 4.99 Å². The van der Waals surface area contributed by atoms with Crippen molar-refractivity contribution in [2.45, 2.75) is 109 Å². The van der Waals surface area contributed by atoms with Gasteiger partial charge in [0.05, 0.1) is 12.0 Å². The van der Waals surface area contributed by atoms with Crippen LogP contribution in [0.4, 0.5) is 0 Å². The van der Waals surface area contributed by atoms with Gasteiger partial charge in [0, 0.05) is 18.1 Å². The van der Waals surface area contributed by atoms with Crippen molar-refractivity contribution < 1.29 is 9.90 Å². The summed E-state index contributed by atoms with van der Waals surface area (Å²) in [6.45, 7) is 4.22. The number of nitrogens with zero attached hydrogens (tertiary/aromatic N) is 2. The number of unbranched alkanes of at least 4 members (excludes halogenated alkanes) is 6. The number of carboxylic acids is 1. The van der Waals surface area contributed by atoms with Crippen LogP contribution in [0.1, 0.15) is 84.5 Å². The molecule has 25 heavy (non-hydrogen) atoms. The maximum atomic E-state index is 11.6. The molecule has 0 aromatic carbocycles. The maximum absolute atomic E-state index is 11.6. The van der Waals surface area contributed by atoms with Gasteiger partial charge in [-0.1, -0.05) is 51.9 Å². The summed E-state index contributed by atoms with van der Waals surface area (Å²) in [5.74, 6) is -0.0573. The highest BCUT2D eigenvalue weighted by molar-refractivity contribution is 5.85. The predicted octanol–water partition coefficient (Wildman–Crippen LogP) is 3.78. The Balaban J connectivity index is 1.50. The number of aliphatic imine (C=N–C) groups is 1. The van der Waals surface area contributed by atoms with Crippen LogP contribution in [0.15, 0.2) is 4.99 Å². The first-order chi connectivity index (χ1) is 12.1. The molecule has 0 amide bonds. The summed E-state index contributed by atoms with van der Waals surface area (Å²) in [6.07, 6.45) is 13.9. The van der Waals surface area contributed by atoms with Gasteiger partial charge < -0.3 is 15.3 Å². The van der Waals surface area contributed by atoms with Crippen molar-refractivity contribution in [2.24, 2.45) is 10.9 Å². The second kappa shape index (κ2) is 8.41. The van der Waals surface area contributed by atoms with Crippen LogP contribution in [-0.4, -0.2) is 46.1 Å². The highest BCUT2D eigenvalue weighted by Crippen LogP contribution is 2.39. The minimum Gasteiger partial charge on any atom is -0.481 e. The number of carbonyl (C=O) groups is 1. The van der Waals surface area contributed by atoms with Crippen molar-refractivity contribution >= 4 is 11.9 Å². The second-order valence-electron chi connectivity index (χ2n) is 8.25. The molecule has 142 valence electrons. The number of carboxylic acid groups (broad SMARTS) is 1. The smallest absolute Gasteiger partial charge is 0.310 e. The molecular weight excluding hydrogens is 314 g/mol. The molecule has 2 saturated heterocycles. The van der Waals surface area contributed by atoms with E-state index in [1.807, 2.05) is 6.92 Å². The highest BCUT2D eigenvalue weighted by Gasteiger charge is 2.50. The molecule has 5 nitrogen and oxygen atoms in total. The van der Waals surface area contributed by atoms with Gasteiger partial charge in [0.1, 0.15) is 0 Å². The molecule has 3 rings (SSSR count). The molecule has 5 heteroatoms. The Labute approximate surface area is 152 Å². The van der Waals surface area contributed by atoms with Gasteiger partial charge in [0.2, 0.25) is 0 Å². The van der Waals surface area contributed by atoms with Crippen LogP contribution in [0.5, 0.6) is 0 Å². The molecule has 3 heterocycles. The Bertz CT molecular complexity index is 493. The van der Waals surface area contributed by atoms with Crippen molar-refractivity contribution in [3.05, 3.63) is 0 Å². The van der Waals surface area contributed by atoms with Crippen LogP contribution < -0.4 is 5.32 Å². The van der Waals surface area contributed by atoms with Gasteiger partial charge in [0.25, 0.3) is 0 Å². The molecule has 3 aliphatic heterocycles. The SMILES string of the molecule is CCCCCCCCC[C@@H]1C[C@@H]2CC[C@H]3[C@H](C(=O)O)[C@@H](C)N=C(N1)N23. The lowest BCUT2D eigenvalue weighted by Crippen LogP contribution is -2.62. The van der Waals surface area contributed by atoms with Crippen molar-refractivity contribution in [1.29, 1.82) is 0 Å². The first-order valence-corrected chi connectivity index (χ1v) is 10.5. The van der Waals surface area contributed by atoms with E-state index in [-0.39, 0.29) is 18.0 Å². The summed E-state index contributed by atoms with van der Waals surface area (Å²) in [4.78, 5) is 18.7. The molecule has 0 aromatic heterocycles. The van der Waals surface area contributed by atoms with E-state index in [9.17, 15) is 9.90 Å². The zero-order valence-corrected chi connectivity index (χ0v) is 15.9. The fourth-order valence-electron chi connectivity index (χ4n) is 5.08. The maximum Gasteiger partial charge on any atom is 0.310 e. The van der Waals surface area contributed by atoms with E-state index in [2.05, 4.69) is 17.1 Å². The molecule has 3 aliphatic rings. The molecule has 2 N–H and O–H groups in total. The van der Waals surface area contributed by atoms with E-state index in [0.717, 1.165) is 25.2 Å². The van der Waals surface area contributed by atoms with Crippen LogP contribution in [0.2, 0.25) is 0 Å². The molecule has 0 radical (unpaired) electrons. The average molecular weight is 350 g/mol. The second-order valence-corrected chi connectivity index (χ2v) is 8.25. The number of aliphatic carboxylic acids is 1. The number of hydrogen-bond donors (Lipinski definition) is 2. The number of guanidine groups is 1. The summed E-state index contributed by atoms with van der Waals surface area (Å²) in [5, 5.41) is 13.2. The van der Waals surface area contributed by atoms with Gasteiger partial charge in [-0.2, -0.15) is 0 Å². The van der Waals surface area contributed by atoms with Crippen LogP contribution in [0.25, 0.3) is 0 Å². The van der Waals surface area contributed by atoms with Crippen LogP contribution in [0, 0.1) is 5.92 Å². The zero-order chi connectivity index (χ0) is 17.8. The Hall–Kier alpha value is -1.26. The van der Waals surface area contributed by atoms with E-state index >= 15 is 0 Å². The molecule has 0 aromatic rings. The Morgan fingerprint density at radius 2 is 1.92 bits per heavy atom. The number of hydrogen-bond acceptors (Lipinski definition) is 4. The van der Waals surface area contributed by atoms with Gasteiger partial charge >= 0.3 is 5.97 Å². The summed E-state index contributed by atoms with van der Waals surface area (Å²) < 4.78 is 0. The van der Waals surface area contributed by atoms with Crippen LogP contribution >= 0.6 is 0 Å². The third kappa shape index (κ3) is 4.12. The van der Waals surface area contributed by atoms with Gasteiger partial charge in [-0.25, -0.2) is 4.99 Å². The van der Waals surface area contributed by atoms with Crippen molar-refractivity contribution in [3.8, 4) is 0 Å². The average Bonchev–Trinajstić information content (AvgIpc) is 2.98. The lowest BCUT2D eigenvalue weighted by Gasteiger charge is -2.46. The predicted molar refractivity (Wildman–Crippen MR) is 101 cm³/mol. The number of rotatable bonds is 9. The molecular formula is C20H35N3O2. The quantitative estimate of drug-likeness (QED) is 0.622. The summed E-state index contributed by atoms with van der Waals surface area (Å²) >= 11 is 0. The largest absolute Gasteiger partial charge is 0.481 e. The highest BCUT2D eigenvalue weighted by atomic mass is 16.4. The Kier molecular flexibility index (Phi) is 6.24. The summed E-state index contributed by atoms with van der Waals surface area (Å²) in [5.41, 5.74) is 0. The first-order valence-electron chi connectivity index (χ1n) is 10.5. The monoisotopic (exact) mass is 349 g/mol. The lowest BCUT2D eigenvalue weighted by molar-refractivity contribution is -0.144. The van der Waals surface area contributed by atoms with Gasteiger partial charge in [-0.3, -0.25) is 4.79 Å². The third-order valence-corrected chi connectivity index (χ3v) is 6.38. The van der Waals surface area contributed by atoms with Gasteiger partial charge in [-0.05, 0) is 32.6 Å². The summed E-state index contributed by atoms with van der Waals surface area (Å²) in [7, 11) is 0. The zero-order valence-electron chi connectivity index (χ0n) is 15.9. The normalized spacial score (nSPS) is 33.6.